The number of ether oxygens (including phenoxy) is 1. The molecular formula is C23H16F5N7O2. The predicted octanol–water partition coefficient (Wildman–Crippen LogP) is 5.45. The highest BCUT2D eigenvalue weighted by Crippen LogP contribution is 2.39. The van der Waals surface area contributed by atoms with Crippen LogP contribution in [0.15, 0.2) is 53.3 Å². The van der Waals surface area contributed by atoms with Gasteiger partial charge >= 0.3 is 6.18 Å². The summed E-state index contributed by atoms with van der Waals surface area (Å²) in [5, 5.41) is 7.86. The number of alkyl halides is 5. The Hall–Kier alpha value is -4.62. The number of pyridine rings is 1. The first-order chi connectivity index (χ1) is 17.7. The van der Waals surface area contributed by atoms with Gasteiger partial charge in [0.1, 0.15) is 22.8 Å². The van der Waals surface area contributed by atoms with Crippen LogP contribution in [-0.4, -0.2) is 36.3 Å². The number of benzene rings is 1. The van der Waals surface area contributed by atoms with Crippen LogP contribution in [0.5, 0.6) is 5.75 Å². The maximum absolute atomic E-state index is 14.0. The fourth-order valence-corrected chi connectivity index (χ4v) is 3.62. The molecule has 0 aliphatic rings. The van der Waals surface area contributed by atoms with Gasteiger partial charge in [0.2, 0.25) is 5.82 Å². The topological polar surface area (TPSA) is 117 Å². The van der Waals surface area contributed by atoms with Gasteiger partial charge in [-0.2, -0.15) is 23.3 Å². The zero-order valence-corrected chi connectivity index (χ0v) is 18.9. The molecule has 4 heterocycles. The molecule has 0 amide bonds. The fourth-order valence-electron chi connectivity index (χ4n) is 3.62. The molecule has 9 nitrogen and oxygen atoms in total. The Labute approximate surface area is 204 Å². The first kappa shape index (κ1) is 24.1. The fraction of sp³-hybridized carbons (Fsp3) is 0.174. The van der Waals surface area contributed by atoms with Crippen molar-refractivity contribution in [1.29, 1.82) is 0 Å². The van der Waals surface area contributed by atoms with Crippen LogP contribution in [0.2, 0.25) is 0 Å². The van der Waals surface area contributed by atoms with Crippen molar-refractivity contribution in [3.05, 3.63) is 60.0 Å². The van der Waals surface area contributed by atoms with E-state index in [2.05, 4.69) is 25.2 Å². The van der Waals surface area contributed by atoms with E-state index in [1.54, 1.807) is 12.1 Å². The lowest BCUT2D eigenvalue weighted by molar-refractivity contribution is -0.138. The Balaban J connectivity index is 1.64. The molecule has 0 saturated heterocycles. The van der Waals surface area contributed by atoms with E-state index in [4.69, 9.17) is 15.0 Å². The number of aromatic nitrogens is 6. The normalized spacial score (nSPS) is 12.0. The molecule has 0 aliphatic heterocycles. The molecule has 4 aromatic heterocycles. The minimum Gasteiger partial charge on any atom is -0.493 e. The molecule has 0 bridgehead atoms. The second kappa shape index (κ2) is 9.11. The van der Waals surface area contributed by atoms with Gasteiger partial charge in [0.05, 0.1) is 24.1 Å². The Morgan fingerprint density at radius 2 is 1.84 bits per heavy atom. The van der Waals surface area contributed by atoms with Gasteiger partial charge in [-0.3, -0.25) is 0 Å². The quantitative estimate of drug-likeness (QED) is 0.296. The minimum atomic E-state index is -4.66. The summed E-state index contributed by atoms with van der Waals surface area (Å²) >= 11 is 0. The van der Waals surface area contributed by atoms with Crippen molar-refractivity contribution in [1.82, 2.24) is 29.7 Å². The number of halogens is 5. The average Bonchev–Trinajstić information content (AvgIpc) is 3.50. The molecule has 0 unspecified atom stereocenters. The largest absolute Gasteiger partial charge is 0.493 e. The molecule has 5 rings (SSSR count). The summed E-state index contributed by atoms with van der Waals surface area (Å²) in [6, 6.07) is 7.27. The standard InChI is InChI=1S/C23H16F5N7O2/c1-2-36-17-7-11(3-5-14(17)23(26,27)28)15-8-16(19(24)25)35-21(32-15)13(10-31-35)22-33-20(34-37-22)12-4-6-18(29)30-9-12/h3-10,19H,2H2,1H3,(H2,29,30). The second-order valence-electron chi connectivity index (χ2n) is 7.70. The number of anilines is 1. The molecule has 0 fully saturated rings. The number of rotatable bonds is 6. The molecule has 5 aromatic rings. The Morgan fingerprint density at radius 3 is 2.51 bits per heavy atom. The highest BCUT2D eigenvalue weighted by Gasteiger charge is 2.34. The summed E-state index contributed by atoms with van der Waals surface area (Å²) < 4.78 is 79.4. The summed E-state index contributed by atoms with van der Waals surface area (Å²) in [4.78, 5) is 12.6. The Bertz CT molecular complexity index is 1580. The van der Waals surface area contributed by atoms with Crippen LogP contribution in [0.3, 0.4) is 0 Å². The third-order valence-electron chi connectivity index (χ3n) is 5.31. The zero-order chi connectivity index (χ0) is 26.3. The predicted molar refractivity (Wildman–Crippen MR) is 120 cm³/mol. The van der Waals surface area contributed by atoms with Gasteiger partial charge < -0.3 is 15.0 Å². The van der Waals surface area contributed by atoms with Gasteiger partial charge in [-0.05, 0) is 37.3 Å². The van der Waals surface area contributed by atoms with Crippen LogP contribution in [-0.2, 0) is 6.18 Å². The molecule has 0 aliphatic carbocycles. The summed E-state index contributed by atoms with van der Waals surface area (Å²) in [6.07, 6.45) is -4.97. The number of nitrogen functional groups attached to an aromatic ring is 1. The van der Waals surface area contributed by atoms with Crippen LogP contribution in [0.1, 0.15) is 24.6 Å². The molecule has 0 saturated carbocycles. The number of nitrogens with zero attached hydrogens (tertiary/aromatic N) is 6. The van der Waals surface area contributed by atoms with Gasteiger partial charge in [-0.1, -0.05) is 11.2 Å². The third-order valence-corrected chi connectivity index (χ3v) is 5.31. The highest BCUT2D eigenvalue weighted by atomic mass is 19.4. The van der Waals surface area contributed by atoms with Crippen molar-refractivity contribution >= 4 is 11.5 Å². The lowest BCUT2D eigenvalue weighted by Gasteiger charge is -2.15. The molecular weight excluding hydrogens is 501 g/mol. The zero-order valence-electron chi connectivity index (χ0n) is 18.9. The summed E-state index contributed by atoms with van der Waals surface area (Å²) in [6.45, 7) is 1.50. The van der Waals surface area contributed by atoms with Gasteiger partial charge in [0, 0.05) is 17.3 Å². The Kier molecular flexibility index (Phi) is 5.93. The maximum atomic E-state index is 14.0. The number of hydrogen-bond acceptors (Lipinski definition) is 8. The van der Waals surface area contributed by atoms with E-state index >= 15 is 0 Å². The highest BCUT2D eigenvalue weighted by molar-refractivity contribution is 5.75. The van der Waals surface area contributed by atoms with E-state index < -0.39 is 29.6 Å². The molecule has 1 aromatic carbocycles. The summed E-state index contributed by atoms with van der Waals surface area (Å²) in [5.74, 6) is -0.0485. The molecule has 14 heteroatoms. The Morgan fingerprint density at radius 1 is 1.05 bits per heavy atom. The smallest absolute Gasteiger partial charge is 0.419 e. The molecule has 0 spiro atoms. The molecule has 2 N–H and O–H groups in total. The van der Waals surface area contributed by atoms with Crippen molar-refractivity contribution in [3.8, 4) is 39.8 Å². The van der Waals surface area contributed by atoms with Gasteiger partial charge in [-0.15, -0.1) is 0 Å². The van der Waals surface area contributed by atoms with Crippen molar-refractivity contribution in [3.63, 3.8) is 0 Å². The lowest BCUT2D eigenvalue weighted by atomic mass is 10.1. The number of hydrogen-bond donors (Lipinski definition) is 1. The lowest BCUT2D eigenvalue weighted by Crippen LogP contribution is -2.09. The van der Waals surface area contributed by atoms with E-state index in [0.717, 1.165) is 28.8 Å². The average molecular weight is 517 g/mol. The van der Waals surface area contributed by atoms with Crippen LogP contribution in [0.25, 0.3) is 39.7 Å². The van der Waals surface area contributed by atoms with Crippen molar-refractivity contribution in [2.45, 2.75) is 19.5 Å². The maximum Gasteiger partial charge on any atom is 0.419 e. The van der Waals surface area contributed by atoms with E-state index in [0.29, 0.717) is 11.4 Å². The number of nitrogens with two attached hydrogens (primary N) is 1. The van der Waals surface area contributed by atoms with E-state index in [9.17, 15) is 22.0 Å². The van der Waals surface area contributed by atoms with Crippen molar-refractivity contribution in [2.24, 2.45) is 0 Å². The van der Waals surface area contributed by atoms with Gasteiger partial charge in [0.15, 0.2) is 5.65 Å². The van der Waals surface area contributed by atoms with Crippen molar-refractivity contribution in [2.75, 3.05) is 12.3 Å². The SMILES string of the molecule is CCOc1cc(-c2cc(C(F)F)n3ncc(-c4nc(-c5ccc(N)nc5)no4)c3n2)ccc1C(F)(F)F. The number of fused-ring (bicyclic) bond motifs is 1. The second-order valence-corrected chi connectivity index (χ2v) is 7.70. The first-order valence-electron chi connectivity index (χ1n) is 10.7. The van der Waals surface area contributed by atoms with Gasteiger partial charge in [-0.25, -0.2) is 23.3 Å². The van der Waals surface area contributed by atoms with Crippen molar-refractivity contribution < 1.29 is 31.2 Å². The first-order valence-corrected chi connectivity index (χ1v) is 10.7. The van der Waals surface area contributed by atoms with Crippen LogP contribution < -0.4 is 10.5 Å². The van der Waals surface area contributed by atoms with Crippen LogP contribution >= 0.6 is 0 Å². The van der Waals surface area contributed by atoms with E-state index in [1.807, 2.05) is 0 Å². The minimum absolute atomic E-state index is 0.0262. The molecule has 0 atom stereocenters. The van der Waals surface area contributed by atoms with Gasteiger partial charge in [0.25, 0.3) is 12.3 Å². The van der Waals surface area contributed by atoms with Crippen LogP contribution in [0.4, 0.5) is 27.8 Å². The monoisotopic (exact) mass is 517 g/mol. The molecule has 37 heavy (non-hydrogen) atoms. The van der Waals surface area contributed by atoms with Crippen LogP contribution in [0, 0.1) is 0 Å². The summed E-state index contributed by atoms with van der Waals surface area (Å²) in [5.41, 5.74) is 4.74. The molecule has 190 valence electrons. The summed E-state index contributed by atoms with van der Waals surface area (Å²) in [7, 11) is 0. The third kappa shape index (κ3) is 4.52. The van der Waals surface area contributed by atoms with E-state index in [1.165, 1.54) is 19.3 Å². The van der Waals surface area contributed by atoms with E-state index in [-0.39, 0.29) is 40.8 Å². The molecule has 0 radical (unpaired) electrons.